The summed E-state index contributed by atoms with van der Waals surface area (Å²) in [4.78, 5) is 22.6. The van der Waals surface area contributed by atoms with E-state index in [4.69, 9.17) is 9.63 Å². The molecule has 1 saturated carbocycles. The van der Waals surface area contributed by atoms with Gasteiger partial charge in [-0.1, -0.05) is 5.16 Å². The van der Waals surface area contributed by atoms with Crippen molar-refractivity contribution in [2.45, 2.75) is 32.7 Å². The number of carboxylic acid groups (broad SMARTS) is 1. The lowest BCUT2D eigenvalue weighted by Crippen LogP contribution is -2.29. The third-order valence-corrected chi connectivity index (χ3v) is 3.27. The summed E-state index contributed by atoms with van der Waals surface area (Å²) in [5.41, 5.74) is 0.769. The number of nitrogens with zero attached hydrogens (tertiary/aromatic N) is 1. The Labute approximate surface area is 104 Å². The quantitative estimate of drug-likeness (QED) is 0.837. The maximum absolute atomic E-state index is 11.8. The molecule has 1 amide bonds. The van der Waals surface area contributed by atoms with Crippen molar-refractivity contribution in [2.24, 2.45) is 11.8 Å². The monoisotopic (exact) mass is 252 g/mol. The van der Waals surface area contributed by atoms with Crippen LogP contribution in [0, 0.1) is 18.8 Å². The van der Waals surface area contributed by atoms with Crippen molar-refractivity contribution in [1.29, 1.82) is 0 Å². The van der Waals surface area contributed by atoms with Crippen molar-refractivity contribution in [2.75, 3.05) is 0 Å². The fraction of sp³-hybridized carbons (Fsp3) is 0.583. The molecule has 18 heavy (non-hydrogen) atoms. The topological polar surface area (TPSA) is 92.4 Å². The average molecular weight is 252 g/mol. The van der Waals surface area contributed by atoms with Crippen molar-refractivity contribution in [3.8, 4) is 0 Å². The molecule has 1 aliphatic rings. The van der Waals surface area contributed by atoms with Crippen LogP contribution < -0.4 is 5.32 Å². The molecular formula is C12H16N2O4. The first-order chi connectivity index (χ1) is 8.56. The molecule has 0 aliphatic heterocycles. The predicted molar refractivity (Wildman–Crippen MR) is 61.6 cm³/mol. The lowest BCUT2D eigenvalue weighted by molar-refractivity contribution is -0.141. The molecule has 0 unspecified atom stereocenters. The normalized spacial score (nSPS) is 22.9. The highest BCUT2D eigenvalue weighted by Crippen LogP contribution is 2.31. The van der Waals surface area contributed by atoms with Crippen LogP contribution in [-0.4, -0.2) is 22.1 Å². The molecule has 0 bridgehead atoms. The number of carbonyl (C=O) groups is 2. The zero-order valence-corrected chi connectivity index (χ0v) is 10.2. The molecule has 6 nitrogen and oxygen atoms in total. The summed E-state index contributed by atoms with van der Waals surface area (Å²) >= 11 is 0. The number of hydrogen-bond donors (Lipinski definition) is 2. The summed E-state index contributed by atoms with van der Waals surface area (Å²) in [7, 11) is 0. The number of aryl methyl sites for hydroxylation is 1. The number of aliphatic carboxylic acids is 1. The van der Waals surface area contributed by atoms with Gasteiger partial charge in [-0.25, -0.2) is 0 Å². The van der Waals surface area contributed by atoms with Crippen LogP contribution in [0.1, 0.15) is 30.7 Å². The highest BCUT2D eigenvalue weighted by Gasteiger charge is 2.33. The van der Waals surface area contributed by atoms with Gasteiger partial charge in [0, 0.05) is 12.0 Å². The lowest BCUT2D eigenvalue weighted by atomic mass is 10.0. The number of carbonyl (C=O) groups excluding carboxylic acids is 1. The Bertz CT molecular complexity index is 455. The molecule has 2 atom stereocenters. The van der Waals surface area contributed by atoms with Gasteiger partial charge < -0.3 is 14.9 Å². The second-order valence-corrected chi connectivity index (χ2v) is 4.70. The van der Waals surface area contributed by atoms with E-state index in [2.05, 4.69) is 10.5 Å². The van der Waals surface area contributed by atoms with Crippen LogP contribution in [0.3, 0.4) is 0 Å². The molecule has 6 heteroatoms. The van der Waals surface area contributed by atoms with E-state index < -0.39 is 5.97 Å². The van der Waals surface area contributed by atoms with Gasteiger partial charge in [0.15, 0.2) is 5.76 Å². The maximum atomic E-state index is 11.8. The summed E-state index contributed by atoms with van der Waals surface area (Å²) in [6.45, 7) is 2.11. The molecule has 0 radical (unpaired) electrons. The van der Waals surface area contributed by atoms with E-state index in [0.29, 0.717) is 31.6 Å². The van der Waals surface area contributed by atoms with Gasteiger partial charge in [0.1, 0.15) is 0 Å². The molecule has 2 rings (SSSR count). The van der Waals surface area contributed by atoms with Crippen LogP contribution in [-0.2, 0) is 16.1 Å². The fourth-order valence-corrected chi connectivity index (χ4v) is 2.26. The smallest absolute Gasteiger partial charge is 0.306 e. The van der Waals surface area contributed by atoms with Gasteiger partial charge in [-0.05, 0) is 26.2 Å². The zero-order chi connectivity index (χ0) is 13.1. The van der Waals surface area contributed by atoms with Gasteiger partial charge in [0.2, 0.25) is 5.91 Å². The summed E-state index contributed by atoms with van der Waals surface area (Å²) in [5, 5.41) is 15.3. The molecule has 0 saturated heterocycles. The molecule has 0 spiro atoms. The standard InChI is InChI=1S/C12H16N2O4/c1-7-4-10(18-14-7)6-13-11(15)8-2-3-9(5-8)12(16)17/h4,8-9H,2-3,5-6H2,1H3,(H,13,15)(H,16,17)/t8-,9+/m1/s1. The van der Waals surface area contributed by atoms with Crippen LogP contribution in [0.4, 0.5) is 0 Å². The number of amides is 1. The Morgan fingerprint density at radius 3 is 2.78 bits per heavy atom. The van der Waals surface area contributed by atoms with Crippen molar-refractivity contribution < 1.29 is 19.2 Å². The van der Waals surface area contributed by atoms with Crippen molar-refractivity contribution in [3.05, 3.63) is 17.5 Å². The number of carboxylic acids is 1. The second kappa shape index (κ2) is 5.20. The number of hydrogen-bond acceptors (Lipinski definition) is 4. The summed E-state index contributed by atoms with van der Waals surface area (Å²) in [6.07, 6.45) is 1.64. The van der Waals surface area contributed by atoms with Crippen LogP contribution >= 0.6 is 0 Å². The van der Waals surface area contributed by atoms with Crippen LogP contribution in [0.15, 0.2) is 10.6 Å². The van der Waals surface area contributed by atoms with E-state index >= 15 is 0 Å². The van der Waals surface area contributed by atoms with Gasteiger partial charge in [-0.3, -0.25) is 9.59 Å². The SMILES string of the molecule is Cc1cc(CNC(=O)[C@@H]2CC[C@H](C(=O)O)C2)on1. The highest BCUT2D eigenvalue weighted by atomic mass is 16.5. The molecule has 0 aromatic carbocycles. The third kappa shape index (κ3) is 2.88. The Balaban J connectivity index is 1.80. The Kier molecular flexibility index (Phi) is 3.64. The van der Waals surface area contributed by atoms with Crippen molar-refractivity contribution in [3.63, 3.8) is 0 Å². The van der Waals surface area contributed by atoms with E-state index in [9.17, 15) is 9.59 Å². The molecule has 1 aliphatic carbocycles. The average Bonchev–Trinajstić information content (AvgIpc) is 2.94. The van der Waals surface area contributed by atoms with Crippen LogP contribution in [0.5, 0.6) is 0 Å². The van der Waals surface area contributed by atoms with Crippen molar-refractivity contribution >= 4 is 11.9 Å². The van der Waals surface area contributed by atoms with Gasteiger partial charge >= 0.3 is 5.97 Å². The van der Waals surface area contributed by atoms with Gasteiger partial charge in [0.05, 0.1) is 18.2 Å². The zero-order valence-electron chi connectivity index (χ0n) is 10.2. The maximum Gasteiger partial charge on any atom is 0.306 e. The third-order valence-electron chi connectivity index (χ3n) is 3.27. The Hall–Kier alpha value is -1.85. The number of nitrogens with one attached hydrogen (secondary N) is 1. The summed E-state index contributed by atoms with van der Waals surface area (Å²) in [6, 6.07) is 1.76. The first-order valence-corrected chi connectivity index (χ1v) is 5.99. The minimum absolute atomic E-state index is 0.104. The number of rotatable bonds is 4. The van der Waals surface area contributed by atoms with E-state index in [0.717, 1.165) is 5.69 Å². The van der Waals surface area contributed by atoms with E-state index in [-0.39, 0.29) is 17.7 Å². The minimum Gasteiger partial charge on any atom is -0.481 e. The van der Waals surface area contributed by atoms with E-state index in [1.54, 1.807) is 6.07 Å². The van der Waals surface area contributed by atoms with Gasteiger partial charge in [-0.2, -0.15) is 0 Å². The number of aromatic nitrogens is 1. The van der Waals surface area contributed by atoms with Crippen molar-refractivity contribution in [1.82, 2.24) is 10.5 Å². The minimum atomic E-state index is -0.809. The molecule has 98 valence electrons. The molecule has 2 N–H and O–H groups in total. The molecule has 1 fully saturated rings. The first kappa shape index (κ1) is 12.6. The van der Waals surface area contributed by atoms with Crippen LogP contribution in [0.2, 0.25) is 0 Å². The second-order valence-electron chi connectivity index (χ2n) is 4.70. The summed E-state index contributed by atoms with van der Waals surface area (Å²) in [5.74, 6) is -0.888. The van der Waals surface area contributed by atoms with E-state index in [1.807, 2.05) is 6.92 Å². The first-order valence-electron chi connectivity index (χ1n) is 5.99. The Morgan fingerprint density at radius 2 is 2.22 bits per heavy atom. The molecular weight excluding hydrogens is 236 g/mol. The highest BCUT2D eigenvalue weighted by molar-refractivity contribution is 5.80. The lowest BCUT2D eigenvalue weighted by Gasteiger charge is -2.09. The van der Waals surface area contributed by atoms with Crippen LogP contribution in [0.25, 0.3) is 0 Å². The van der Waals surface area contributed by atoms with E-state index in [1.165, 1.54) is 0 Å². The summed E-state index contributed by atoms with van der Waals surface area (Å²) < 4.78 is 4.98. The molecule has 1 aromatic rings. The largest absolute Gasteiger partial charge is 0.481 e. The predicted octanol–water partition coefficient (Wildman–Crippen LogP) is 1.10. The van der Waals surface area contributed by atoms with Gasteiger partial charge in [-0.15, -0.1) is 0 Å². The fourth-order valence-electron chi connectivity index (χ4n) is 2.26. The molecule has 1 aromatic heterocycles. The molecule has 1 heterocycles. The van der Waals surface area contributed by atoms with Gasteiger partial charge in [0.25, 0.3) is 0 Å². The Morgan fingerprint density at radius 1 is 1.50 bits per heavy atom.